The zero-order chi connectivity index (χ0) is 4.99. The second-order valence-electron chi connectivity index (χ2n) is 0.747. The number of hydrogen-bond donors (Lipinski definition) is 1. The fourth-order valence-corrected chi connectivity index (χ4v) is 0.0891. The van der Waals surface area contributed by atoms with Gasteiger partial charge in [0.05, 0.1) is 0 Å². The summed E-state index contributed by atoms with van der Waals surface area (Å²) >= 11 is 0. The van der Waals surface area contributed by atoms with E-state index in [1.807, 2.05) is 0 Å². The van der Waals surface area contributed by atoms with E-state index in [1.165, 1.54) is 7.05 Å². The summed E-state index contributed by atoms with van der Waals surface area (Å²) < 4.78 is 0. The molecular formula is C2H6N2O2. The van der Waals surface area contributed by atoms with Gasteiger partial charge in [0.15, 0.2) is 13.8 Å². The van der Waals surface area contributed by atoms with Crippen molar-refractivity contribution in [3.63, 3.8) is 0 Å². The number of rotatable bonds is 1. The molecule has 0 aliphatic heterocycles. The molecule has 36 valence electrons. The molecule has 0 atom stereocenters. The fraction of sp³-hybridized carbons (Fsp3) is 1.00. The molecule has 0 radical (unpaired) electrons. The molecule has 1 N–H and O–H groups in total. The monoisotopic (exact) mass is 90.0 g/mol. The average molecular weight is 90.1 g/mol. The maximum atomic E-state index is 9.63. The van der Waals surface area contributed by atoms with Crippen molar-refractivity contribution in [2.24, 2.45) is 5.11 Å². The van der Waals surface area contributed by atoms with Crippen LogP contribution in [0.1, 0.15) is 0 Å². The summed E-state index contributed by atoms with van der Waals surface area (Å²) in [6.07, 6.45) is 0. The minimum absolute atomic E-state index is 0.306. The van der Waals surface area contributed by atoms with Gasteiger partial charge < -0.3 is 10.3 Å². The molecule has 0 rings (SSSR count). The molecule has 0 aliphatic rings. The molecule has 0 bridgehead atoms. The van der Waals surface area contributed by atoms with Crippen molar-refractivity contribution in [1.82, 2.24) is 0 Å². The number of azo groups is 1. The molecule has 0 amide bonds. The molecule has 0 unspecified atom stereocenters. The first-order valence-electron chi connectivity index (χ1n) is 1.46. The van der Waals surface area contributed by atoms with Crippen LogP contribution in [-0.2, 0) is 0 Å². The lowest BCUT2D eigenvalue weighted by atomic mass is 11.3. The fourth-order valence-electron chi connectivity index (χ4n) is 0.0891. The summed E-state index contributed by atoms with van der Waals surface area (Å²) in [5, 5.41) is 20.4. The van der Waals surface area contributed by atoms with Gasteiger partial charge in [0.1, 0.15) is 0 Å². The van der Waals surface area contributed by atoms with E-state index in [0.717, 1.165) is 0 Å². The van der Waals surface area contributed by atoms with Crippen molar-refractivity contribution in [1.29, 1.82) is 0 Å². The van der Waals surface area contributed by atoms with Crippen LogP contribution in [0.5, 0.6) is 0 Å². The largest absolute Gasteiger partial charge is 0.600 e. The van der Waals surface area contributed by atoms with Crippen LogP contribution in [0.25, 0.3) is 0 Å². The van der Waals surface area contributed by atoms with Crippen molar-refractivity contribution in [3.8, 4) is 0 Å². The Morgan fingerprint density at radius 2 is 2.50 bits per heavy atom. The first-order chi connectivity index (χ1) is 2.77. The third kappa shape index (κ3) is 3.36. The Bertz CT molecular complexity index is 56.6. The summed E-state index contributed by atoms with van der Waals surface area (Å²) in [5.41, 5.74) is 0. The lowest BCUT2D eigenvalue weighted by Gasteiger charge is -1.85. The highest BCUT2D eigenvalue weighted by Crippen LogP contribution is 1.61. The lowest BCUT2D eigenvalue weighted by Crippen LogP contribution is -1.89. The van der Waals surface area contributed by atoms with Crippen LogP contribution < -0.4 is 0 Å². The molecule has 0 aromatic carbocycles. The van der Waals surface area contributed by atoms with E-state index in [9.17, 15) is 5.21 Å². The second-order valence-corrected chi connectivity index (χ2v) is 0.747. The van der Waals surface area contributed by atoms with E-state index in [1.54, 1.807) is 0 Å². The highest BCUT2D eigenvalue weighted by atomic mass is 16.5. The minimum atomic E-state index is -0.431. The van der Waals surface area contributed by atoms with Crippen molar-refractivity contribution in [3.05, 3.63) is 5.21 Å². The van der Waals surface area contributed by atoms with Gasteiger partial charge in [-0.2, -0.15) is 0 Å². The van der Waals surface area contributed by atoms with E-state index in [4.69, 9.17) is 5.11 Å². The van der Waals surface area contributed by atoms with E-state index < -0.39 is 6.73 Å². The van der Waals surface area contributed by atoms with Gasteiger partial charge in [-0.3, -0.25) is 0 Å². The summed E-state index contributed by atoms with van der Waals surface area (Å²) in [5.74, 6) is 0. The number of aliphatic hydroxyl groups excluding tert-OH is 1. The predicted octanol–water partition coefficient (Wildman–Crippen LogP) is -0.472. The van der Waals surface area contributed by atoms with Gasteiger partial charge in [-0.15, -0.1) is 0 Å². The minimum Gasteiger partial charge on any atom is -0.600 e. The van der Waals surface area contributed by atoms with Gasteiger partial charge in [0.25, 0.3) is 0 Å². The third-order valence-electron chi connectivity index (χ3n) is 0.262. The highest BCUT2D eigenvalue weighted by Gasteiger charge is 1.70. The first kappa shape index (κ1) is 5.36. The molecule has 4 nitrogen and oxygen atoms in total. The van der Waals surface area contributed by atoms with Crippen LogP contribution >= 0.6 is 0 Å². The van der Waals surface area contributed by atoms with Crippen molar-refractivity contribution >= 4 is 0 Å². The Morgan fingerprint density at radius 1 is 2.00 bits per heavy atom. The van der Waals surface area contributed by atoms with Gasteiger partial charge in [-0.25, -0.2) is 0 Å². The Labute approximate surface area is 35.3 Å². The lowest BCUT2D eigenvalue weighted by molar-refractivity contribution is -0.502. The Kier molecular flexibility index (Phi) is 2.31. The van der Waals surface area contributed by atoms with Crippen molar-refractivity contribution in [2.75, 3.05) is 13.8 Å². The van der Waals surface area contributed by atoms with Crippen LogP contribution in [0.4, 0.5) is 0 Å². The normalized spacial score (nSPS) is 12.0. The Morgan fingerprint density at radius 3 is 2.50 bits per heavy atom. The maximum absolute atomic E-state index is 9.63. The number of hydrogen-bond acceptors (Lipinski definition) is 3. The molecule has 0 saturated carbocycles. The summed E-state index contributed by atoms with van der Waals surface area (Å²) in [6.45, 7) is -0.431. The van der Waals surface area contributed by atoms with E-state index in [0.29, 0.717) is 4.86 Å². The maximum Gasteiger partial charge on any atom is 0.198 e. The SMILES string of the molecule is C/[N+]([O-])=N/CO. The quantitative estimate of drug-likeness (QED) is 0.269. The van der Waals surface area contributed by atoms with Gasteiger partial charge in [-0.1, -0.05) is 4.86 Å². The van der Waals surface area contributed by atoms with Crippen LogP contribution in [0, 0.1) is 5.21 Å². The van der Waals surface area contributed by atoms with Gasteiger partial charge >= 0.3 is 0 Å². The number of aliphatic hydroxyl groups is 1. The molecule has 0 aliphatic carbocycles. The van der Waals surface area contributed by atoms with Crippen LogP contribution in [0.2, 0.25) is 0 Å². The Hall–Kier alpha value is -0.640. The molecular weight excluding hydrogens is 84.0 g/mol. The Balaban J connectivity index is 3.14. The molecule has 0 spiro atoms. The van der Waals surface area contributed by atoms with E-state index >= 15 is 0 Å². The summed E-state index contributed by atoms with van der Waals surface area (Å²) in [6, 6.07) is 0. The standard InChI is InChI=1S/C2H6N2O2/c1-4(6)3-2-5/h5H,2H2,1H3/b4-3-. The molecule has 0 aromatic heterocycles. The van der Waals surface area contributed by atoms with Crippen LogP contribution in [0.3, 0.4) is 0 Å². The molecule has 0 heterocycles. The highest BCUT2D eigenvalue weighted by molar-refractivity contribution is 3.97. The summed E-state index contributed by atoms with van der Waals surface area (Å²) in [4.78, 5) is 0.306. The number of hydroxylamine groups is 1. The van der Waals surface area contributed by atoms with Crippen LogP contribution in [-0.4, -0.2) is 23.7 Å². The predicted molar refractivity (Wildman–Crippen MR) is 19.1 cm³/mol. The summed E-state index contributed by atoms with van der Waals surface area (Å²) in [7, 11) is 1.20. The van der Waals surface area contributed by atoms with Gasteiger partial charge in [0, 0.05) is 0 Å². The zero-order valence-electron chi connectivity index (χ0n) is 3.46. The zero-order valence-corrected chi connectivity index (χ0v) is 3.46. The molecule has 0 saturated heterocycles. The van der Waals surface area contributed by atoms with Crippen molar-refractivity contribution < 1.29 is 9.97 Å². The van der Waals surface area contributed by atoms with Crippen molar-refractivity contribution in [2.45, 2.75) is 0 Å². The van der Waals surface area contributed by atoms with Crippen LogP contribution in [0.15, 0.2) is 5.11 Å². The third-order valence-corrected chi connectivity index (χ3v) is 0.262. The second kappa shape index (κ2) is 2.59. The first-order valence-corrected chi connectivity index (χ1v) is 1.46. The molecule has 0 aromatic rings. The number of nitrogens with zero attached hydrogens (tertiary/aromatic N) is 2. The van der Waals surface area contributed by atoms with Gasteiger partial charge in [0.2, 0.25) is 0 Å². The molecule has 4 heteroatoms. The van der Waals surface area contributed by atoms with E-state index in [-0.39, 0.29) is 0 Å². The average Bonchev–Trinajstić information content (AvgIpc) is 1.35. The molecule has 0 fully saturated rings. The molecule has 6 heavy (non-hydrogen) atoms. The smallest absolute Gasteiger partial charge is 0.198 e. The topological polar surface area (TPSA) is 58.7 Å². The van der Waals surface area contributed by atoms with E-state index in [2.05, 4.69) is 5.11 Å². The van der Waals surface area contributed by atoms with Gasteiger partial charge in [-0.05, 0) is 5.11 Å².